The van der Waals surface area contributed by atoms with Crippen LogP contribution in [0.3, 0.4) is 0 Å². The van der Waals surface area contributed by atoms with E-state index < -0.39 is 0 Å². The molecule has 3 N–H and O–H groups in total. The van der Waals surface area contributed by atoms with Crippen LogP contribution in [0, 0.1) is 0 Å². The molecule has 0 aromatic carbocycles. The van der Waals surface area contributed by atoms with Crippen molar-refractivity contribution in [3.63, 3.8) is 0 Å². The maximum atomic E-state index is 9.30. The molecule has 6 heteroatoms. The third-order valence-corrected chi connectivity index (χ3v) is 3.22. The van der Waals surface area contributed by atoms with Gasteiger partial charge in [0.25, 0.3) is 0 Å². The average Bonchev–Trinajstić information content (AvgIpc) is 2.68. The second kappa shape index (κ2) is 4.31. The second-order valence-corrected chi connectivity index (χ2v) is 4.22. The van der Waals surface area contributed by atoms with Gasteiger partial charge in [-0.3, -0.25) is 0 Å². The minimum absolute atomic E-state index is 0.0626. The average molecular weight is 235 g/mol. The molecule has 0 bridgehead atoms. The highest BCUT2D eigenvalue weighted by molar-refractivity contribution is 6.57. The first-order chi connectivity index (χ1) is 8.33. The number of nitrogens with two attached hydrogens (primary N) is 1. The van der Waals surface area contributed by atoms with Gasteiger partial charge in [-0.2, -0.15) is 0 Å². The van der Waals surface area contributed by atoms with Gasteiger partial charge >= 0.3 is 7.12 Å². The van der Waals surface area contributed by atoms with Gasteiger partial charge in [-0.25, -0.2) is 0 Å². The summed E-state index contributed by atoms with van der Waals surface area (Å²) in [5, 5.41) is 9.30. The molecule has 3 aliphatic rings. The molecule has 3 aliphatic heterocycles. The van der Waals surface area contributed by atoms with Crippen LogP contribution in [0.4, 0.5) is 0 Å². The summed E-state index contributed by atoms with van der Waals surface area (Å²) in [4.78, 5) is 0. The summed E-state index contributed by atoms with van der Waals surface area (Å²) in [6.45, 7) is 0.790. The molecule has 3 heterocycles. The van der Waals surface area contributed by atoms with E-state index in [9.17, 15) is 5.11 Å². The van der Waals surface area contributed by atoms with Crippen molar-refractivity contribution in [3.05, 3.63) is 35.0 Å². The third-order valence-electron chi connectivity index (χ3n) is 3.22. The molecule has 0 fully saturated rings. The number of aliphatic hydroxyl groups is 1. The van der Waals surface area contributed by atoms with Gasteiger partial charge in [-0.05, 0) is 28.8 Å². The zero-order valence-corrected chi connectivity index (χ0v) is 9.33. The molecule has 3 rings (SSSR count). The minimum Gasteiger partial charge on any atom is -0.491 e. The van der Waals surface area contributed by atoms with E-state index in [0.717, 1.165) is 16.6 Å². The van der Waals surface area contributed by atoms with Crippen molar-refractivity contribution in [3.8, 4) is 0 Å². The molecule has 0 aromatic heterocycles. The number of hydrogen-bond donors (Lipinski definition) is 2. The lowest BCUT2D eigenvalue weighted by Crippen LogP contribution is -2.36. The van der Waals surface area contributed by atoms with Crippen LogP contribution in [0.1, 0.15) is 0 Å². The first-order valence-electron chi connectivity index (χ1n) is 5.68. The quantitative estimate of drug-likeness (QED) is 0.633. The van der Waals surface area contributed by atoms with E-state index >= 15 is 0 Å². The Morgan fingerprint density at radius 3 is 3.18 bits per heavy atom. The van der Waals surface area contributed by atoms with Crippen LogP contribution in [0.25, 0.3) is 0 Å². The number of ether oxygens (including phenoxy) is 1. The van der Waals surface area contributed by atoms with E-state index in [0.29, 0.717) is 13.2 Å². The fraction of sp³-hybridized carbons (Fsp3) is 0.455. The summed E-state index contributed by atoms with van der Waals surface area (Å²) in [5.74, 6) is 0. The van der Waals surface area contributed by atoms with Crippen LogP contribution in [0.5, 0.6) is 0 Å². The van der Waals surface area contributed by atoms with Gasteiger partial charge in [-0.1, -0.05) is 0 Å². The zero-order valence-electron chi connectivity index (χ0n) is 9.33. The molecule has 0 saturated heterocycles. The van der Waals surface area contributed by atoms with Crippen LogP contribution < -0.4 is 5.73 Å². The minimum atomic E-state index is -0.376. The number of allylic oxidation sites excluding steroid dienone is 3. The van der Waals surface area contributed by atoms with Crippen LogP contribution in [-0.4, -0.2) is 44.2 Å². The Labute approximate surface area is 99.7 Å². The number of rotatable bonds is 2. The van der Waals surface area contributed by atoms with Crippen LogP contribution in [0.15, 0.2) is 35.0 Å². The van der Waals surface area contributed by atoms with Gasteiger partial charge < -0.3 is 24.9 Å². The van der Waals surface area contributed by atoms with Crippen molar-refractivity contribution in [2.45, 2.75) is 12.2 Å². The van der Waals surface area contributed by atoms with Gasteiger partial charge in [0, 0.05) is 6.54 Å². The fourth-order valence-electron chi connectivity index (χ4n) is 2.37. The summed E-state index contributed by atoms with van der Waals surface area (Å²) in [6.07, 6.45) is 4.99. The van der Waals surface area contributed by atoms with E-state index in [1.54, 1.807) is 6.26 Å². The number of aliphatic hydroxyl groups excluding tert-OH is 1. The lowest BCUT2D eigenvalue weighted by Gasteiger charge is -2.23. The predicted molar refractivity (Wildman–Crippen MR) is 61.8 cm³/mol. The second-order valence-electron chi connectivity index (χ2n) is 4.22. The first kappa shape index (κ1) is 11.0. The Morgan fingerprint density at radius 2 is 2.41 bits per heavy atom. The van der Waals surface area contributed by atoms with E-state index in [1.807, 2.05) is 12.2 Å². The molecule has 90 valence electrons. The predicted octanol–water partition coefficient (Wildman–Crippen LogP) is -0.471. The largest absolute Gasteiger partial charge is 0.495 e. The Hall–Kier alpha value is -1.08. The Morgan fingerprint density at radius 1 is 1.53 bits per heavy atom. The van der Waals surface area contributed by atoms with Crippen molar-refractivity contribution >= 4 is 7.12 Å². The topological polar surface area (TPSA) is 73.9 Å². The maximum absolute atomic E-state index is 9.30. The monoisotopic (exact) mass is 235 g/mol. The molecule has 0 aliphatic carbocycles. The van der Waals surface area contributed by atoms with Crippen LogP contribution >= 0.6 is 0 Å². The van der Waals surface area contributed by atoms with E-state index in [1.165, 1.54) is 0 Å². The molecule has 0 aromatic rings. The van der Waals surface area contributed by atoms with Crippen molar-refractivity contribution in [1.29, 1.82) is 0 Å². The molecule has 5 nitrogen and oxygen atoms in total. The highest BCUT2D eigenvalue weighted by Gasteiger charge is 2.42. The van der Waals surface area contributed by atoms with E-state index in [4.69, 9.17) is 19.8 Å². The van der Waals surface area contributed by atoms with Gasteiger partial charge in [0.15, 0.2) is 0 Å². The maximum Gasteiger partial charge on any atom is 0.495 e. The Balaban J connectivity index is 2.05. The lowest BCUT2D eigenvalue weighted by atomic mass is 9.70. The summed E-state index contributed by atoms with van der Waals surface area (Å²) in [7, 11) is -0.376. The van der Waals surface area contributed by atoms with Crippen molar-refractivity contribution < 1.29 is 19.2 Å². The SMILES string of the molecule is NCC1C=C2C=COC(CO)C3=C2B(OC3)O1. The summed E-state index contributed by atoms with van der Waals surface area (Å²) >= 11 is 0. The molecule has 17 heavy (non-hydrogen) atoms. The molecule has 0 radical (unpaired) electrons. The third kappa shape index (κ3) is 1.73. The normalized spacial score (nSPS) is 30.9. The standard InChI is InChI=1S/C11H14BNO4/c13-4-8-3-7-1-2-15-10(5-14)9-6-16-12(17-8)11(7)9/h1-3,8,10,14H,4-6,13H2. The van der Waals surface area contributed by atoms with Crippen molar-refractivity contribution in [2.75, 3.05) is 19.8 Å². The van der Waals surface area contributed by atoms with Gasteiger partial charge in [0.1, 0.15) is 6.10 Å². The molecule has 0 amide bonds. The molecule has 2 unspecified atom stereocenters. The zero-order chi connectivity index (χ0) is 11.8. The molecule has 2 atom stereocenters. The van der Waals surface area contributed by atoms with Crippen molar-refractivity contribution in [2.24, 2.45) is 5.73 Å². The van der Waals surface area contributed by atoms with E-state index in [-0.39, 0.29) is 25.9 Å². The Kier molecular flexibility index (Phi) is 2.80. The van der Waals surface area contributed by atoms with E-state index in [2.05, 4.69) is 0 Å². The smallest absolute Gasteiger partial charge is 0.491 e. The summed E-state index contributed by atoms with van der Waals surface area (Å²) in [5.41, 5.74) is 8.59. The van der Waals surface area contributed by atoms with Gasteiger partial charge in [0.05, 0.1) is 25.6 Å². The summed E-state index contributed by atoms with van der Waals surface area (Å²) < 4.78 is 16.7. The summed E-state index contributed by atoms with van der Waals surface area (Å²) in [6, 6.07) is 0. The highest BCUT2D eigenvalue weighted by Crippen LogP contribution is 2.35. The van der Waals surface area contributed by atoms with Crippen molar-refractivity contribution in [1.82, 2.24) is 0 Å². The van der Waals surface area contributed by atoms with Crippen LogP contribution in [-0.2, 0) is 14.0 Å². The molecule has 0 spiro atoms. The van der Waals surface area contributed by atoms with Gasteiger partial charge in [0.2, 0.25) is 0 Å². The molecule has 0 saturated carbocycles. The lowest BCUT2D eigenvalue weighted by molar-refractivity contribution is 0.0965. The van der Waals surface area contributed by atoms with Crippen LogP contribution in [0.2, 0.25) is 0 Å². The van der Waals surface area contributed by atoms with Gasteiger partial charge in [-0.15, -0.1) is 0 Å². The fourth-order valence-corrected chi connectivity index (χ4v) is 2.37. The first-order valence-corrected chi connectivity index (χ1v) is 5.68. The molecular weight excluding hydrogens is 221 g/mol. The highest BCUT2D eigenvalue weighted by atomic mass is 16.6. The Bertz CT molecular complexity index is 418. The molecular formula is C11H14BNO4. The number of hydrogen-bond acceptors (Lipinski definition) is 5.